The van der Waals surface area contributed by atoms with Gasteiger partial charge in [0.1, 0.15) is 5.60 Å². The molecule has 4 aliphatic rings. The van der Waals surface area contributed by atoms with E-state index in [0.717, 1.165) is 19.3 Å². The number of H-pyrrole nitrogens is 1. The third kappa shape index (κ3) is 2.84. The zero-order valence-electron chi connectivity index (χ0n) is 14.2. The number of nitrogens with zero attached hydrogens (tertiary/aromatic N) is 2. The zero-order valence-corrected chi connectivity index (χ0v) is 14.2. The Morgan fingerprint density at radius 3 is 2.96 bits per heavy atom. The predicted octanol–water partition coefficient (Wildman–Crippen LogP) is -0.164. The van der Waals surface area contributed by atoms with Crippen LogP contribution in [0.25, 0.3) is 0 Å². The minimum absolute atomic E-state index is 0.0253. The van der Waals surface area contributed by atoms with Crippen LogP contribution in [0.4, 0.5) is 0 Å². The standard InChI is InChI=1S/C17H22N4O4/c1-10-4-13(22)14(20-19-10)15(23)21-3-2-11(8-21)7-18-16(24)17-5-12(6-17)9-25-17/h4,11-12H,2-3,5-9H2,1H3,(H,18,24)(H,19,22)/t11-,12?,17?/m1/s1. The number of carbonyl (C=O) groups excluding carboxylic acids is 2. The summed E-state index contributed by atoms with van der Waals surface area (Å²) in [7, 11) is 0. The molecular weight excluding hydrogens is 324 g/mol. The number of nitrogens with one attached hydrogen (secondary N) is 2. The van der Waals surface area contributed by atoms with Crippen molar-refractivity contribution < 1.29 is 14.3 Å². The van der Waals surface area contributed by atoms with Crippen LogP contribution in [0, 0.1) is 18.8 Å². The SMILES string of the molecule is Cc1cc(=O)c(C(=O)N2CC[C@H](CNC(=O)C34CC(CO3)C4)C2)n[nH]1. The van der Waals surface area contributed by atoms with E-state index in [4.69, 9.17) is 4.74 Å². The first kappa shape index (κ1) is 16.3. The number of ether oxygens (including phenoxy) is 1. The number of amides is 2. The van der Waals surface area contributed by atoms with E-state index in [2.05, 4.69) is 15.5 Å². The molecule has 0 aromatic carbocycles. The van der Waals surface area contributed by atoms with Crippen LogP contribution >= 0.6 is 0 Å². The third-order valence-corrected chi connectivity index (χ3v) is 5.50. The predicted molar refractivity (Wildman–Crippen MR) is 88.0 cm³/mol. The number of fused-ring (bicyclic) bond motifs is 1. The summed E-state index contributed by atoms with van der Waals surface area (Å²) in [6.07, 6.45) is 2.46. The van der Waals surface area contributed by atoms with E-state index in [1.807, 2.05) is 0 Å². The highest BCUT2D eigenvalue weighted by Crippen LogP contribution is 2.48. The Kier molecular flexibility index (Phi) is 3.87. The molecule has 4 heterocycles. The van der Waals surface area contributed by atoms with Crippen molar-refractivity contribution in [3.63, 3.8) is 0 Å². The summed E-state index contributed by atoms with van der Waals surface area (Å²) in [5.41, 5.74) is -0.405. The van der Waals surface area contributed by atoms with E-state index in [1.54, 1.807) is 11.8 Å². The van der Waals surface area contributed by atoms with Gasteiger partial charge in [-0.05, 0) is 38.0 Å². The van der Waals surface area contributed by atoms with Gasteiger partial charge < -0.3 is 15.0 Å². The molecule has 2 amide bonds. The maximum absolute atomic E-state index is 12.5. The van der Waals surface area contributed by atoms with E-state index in [9.17, 15) is 14.4 Å². The maximum Gasteiger partial charge on any atom is 0.278 e. The minimum Gasteiger partial charge on any atom is -0.365 e. The van der Waals surface area contributed by atoms with Crippen molar-refractivity contribution in [2.24, 2.45) is 11.8 Å². The Morgan fingerprint density at radius 2 is 2.28 bits per heavy atom. The molecule has 1 aromatic rings. The topological polar surface area (TPSA) is 104 Å². The van der Waals surface area contributed by atoms with E-state index < -0.39 is 5.60 Å². The van der Waals surface area contributed by atoms with Crippen LogP contribution in [0.2, 0.25) is 0 Å². The van der Waals surface area contributed by atoms with Gasteiger partial charge in [-0.1, -0.05) is 0 Å². The molecular formula is C17H22N4O4. The molecule has 1 aliphatic carbocycles. The molecule has 1 atom stereocenters. The molecule has 3 aliphatic heterocycles. The molecule has 8 nitrogen and oxygen atoms in total. The summed E-state index contributed by atoms with van der Waals surface area (Å²) >= 11 is 0. The van der Waals surface area contributed by atoms with Crippen LogP contribution in [-0.2, 0) is 9.53 Å². The second-order valence-corrected chi connectivity index (χ2v) is 7.46. The molecule has 4 fully saturated rings. The molecule has 8 heteroatoms. The Hall–Kier alpha value is -2.22. The molecule has 0 radical (unpaired) electrons. The highest BCUT2D eigenvalue weighted by Gasteiger charge is 2.57. The van der Waals surface area contributed by atoms with Crippen LogP contribution in [0.15, 0.2) is 10.9 Å². The monoisotopic (exact) mass is 346 g/mol. The van der Waals surface area contributed by atoms with Gasteiger partial charge in [0, 0.05) is 31.4 Å². The average molecular weight is 346 g/mol. The van der Waals surface area contributed by atoms with Crippen molar-refractivity contribution in [3.8, 4) is 0 Å². The number of hydrogen-bond donors (Lipinski definition) is 2. The third-order valence-electron chi connectivity index (χ3n) is 5.50. The van der Waals surface area contributed by atoms with Gasteiger partial charge >= 0.3 is 0 Å². The largest absolute Gasteiger partial charge is 0.365 e. The fourth-order valence-corrected chi connectivity index (χ4v) is 4.02. The number of likely N-dealkylation sites (tertiary alicyclic amines) is 1. The van der Waals surface area contributed by atoms with Crippen molar-refractivity contribution in [1.82, 2.24) is 20.4 Å². The number of carbonyl (C=O) groups is 2. The van der Waals surface area contributed by atoms with Gasteiger partial charge in [-0.2, -0.15) is 5.10 Å². The van der Waals surface area contributed by atoms with Crippen molar-refractivity contribution in [3.05, 3.63) is 27.7 Å². The van der Waals surface area contributed by atoms with E-state index >= 15 is 0 Å². The van der Waals surface area contributed by atoms with Crippen LogP contribution in [0.5, 0.6) is 0 Å². The molecule has 3 saturated heterocycles. The van der Waals surface area contributed by atoms with Gasteiger partial charge in [-0.15, -0.1) is 0 Å². The van der Waals surface area contributed by atoms with E-state index in [-0.39, 0.29) is 28.9 Å². The van der Waals surface area contributed by atoms with Gasteiger partial charge in [-0.25, -0.2) is 0 Å². The quantitative estimate of drug-likeness (QED) is 0.788. The Bertz CT molecular complexity index is 763. The smallest absolute Gasteiger partial charge is 0.278 e. The number of aryl methyl sites for hydroxylation is 1. The summed E-state index contributed by atoms with van der Waals surface area (Å²) in [6.45, 7) is 4.02. The van der Waals surface area contributed by atoms with Gasteiger partial charge in [0.2, 0.25) is 5.43 Å². The molecule has 0 spiro atoms. The Morgan fingerprint density at radius 1 is 1.48 bits per heavy atom. The molecule has 25 heavy (non-hydrogen) atoms. The first-order valence-corrected chi connectivity index (χ1v) is 8.75. The van der Waals surface area contributed by atoms with Crippen LogP contribution < -0.4 is 10.7 Å². The van der Waals surface area contributed by atoms with Crippen molar-refractivity contribution in [2.45, 2.75) is 31.8 Å². The van der Waals surface area contributed by atoms with E-state index in [0.29, 0.717) is 37.9 Å². The first-order valence-electron chi connectivity index (χ1n) is 8.75. The average Bonchev–Trinajstić information content (AvgIpc) is 3.27. The van der Waals surface area contributed by atoms with E-state index in [1.165, 1.54) is 6.07 Å². The van der Waals surface area contributed by atoms with Crippen LogP contribution in [-0.4, -0.2) is 58.8 Å². The lowest BCUT2D eigenvalue weighted by molar-refractivity contribution is -0.143. The summed E-state index contributed by atoms with van der Waals surface area (Å²) in [4.78, 5) is 38.3. The molecule has 2 N–H and O–H groups in total. The lowest BCUT2D eigenvalue weighted by Crippen LogP contribution is -2.52. The second-order valence-electron chi connectivity index (χ2n) is 7.46. The number of aromatic amines is 1. The zero-order chi connectivity index (χ0) is 17.6. The molecule has 1 saturated carbocycles. The van der Waals surface area contributed by atoms with Gasteiger partial charge in [0.05, 0.1) is 6.61 Å². The summed E-state index contributed by atoms with van der Waals surface area (Å²) in [6, 6.07) is 1.38. The lowest BCUT2D eigenvalue weighted by atomic mass is 9.74. The summed E-state index contributed by atoms with van der Waals surface area (Å²) in [5.74, 6) is 0.355. The molecule has 5 rings (SSSR count). The molecule has 0 unspecified atom stereocenters. The molecule has 2 bridgehead atoms. The van der Waals surface area contributed by atoms with Crippen molar-refractivity contribution >= 4 is 11.8 Å². The van der Waals surface area contributed by atoms with Crippen LogP contribution in [0.1, 0.15) is 35.4 Å². The normalized spacial score (nSPS) is 30.2. The number of hydrogen-bond acceptors (Lipinski definition) is 5. The second kappa shape index (κ2) is 5.94. The lowest BCUT2D eigenvalue weighted by Gasteiger charge is -2.34. The summed E-state index contributed by atoms with van der Waals surface area (Å²) < 4.78 is 5.61. The van der Waals surface area contributed by atoms with Gasteiger partial charge in [0.15, 0.2) is 5.69 Å². The Labute approximate surface area is 144 Å². The molecule has 1 aromatic heterocycles. The van der Waals surface area contributed by atoms with Gasteiger partial charge in [-0.3, -0.25) is 19.5 Å². The Balaban J connectivity index is 1.31. The van der Waals surface area contributed by atoms with Gasteiger partial charge in [0.25, 0.3) is 11.8 Å². The van der Waals surface area contributed by atoms with Crippen molar-refractivity contribution in [1.29, 1.82) is 0 Å². The van der Waals surface area contributed by atoms with Crippen LogP contribution in [0.3, 0.4) is 0 Å². The highest BCUT2D eigenvalue weighted by atomic mass is 16.5. The summed E-state index contributed by atoms with van der Waals surface area (Å²) in [5, 5.41) is 9.52. The number of rotatable bonds is 4. The van der Waals surface area contributed by atoms with Crippen molar-refractivity contribution in [2.75, 3.05) is 26.2 Å². The fraction of sp³-hybridized carbons (Fsp3) is 0.647. The maximum atomic E-state index is 12.5. The number of aromatic nitrogens is 2. The first-order chi connectivity index (χ1) is 12.0. The highest BCUT2D eigenvalue weighted by molar-refractivity contribution is 5.92. The minimum atomic E-state index is -0.585. The molecule has 134 valence electrons. The fourth-order valence-electron chi connectivity index (χ4n) is 4.02.